The predicted octanol–water partition coefficient (Wildman–Crippen LogP) is 0.721. The van der Waals surface area contributed by atoms with E-state index in [1.165, 1.54) is 0 Å². The Bertz CT molecular complexity index is 262. The molecule has 1 atom stereocenters. The highest BCUT2D eigenvalue weighted by atomic mass is 32.2. The Balaban J connectivity index is 4.02. The number of rotatable bonds is 11. The Kier molecular flexibility index (Phi) is 9.72. The first kappa shape index (κ1) is 16.8. The molecule has 0 aliphatic carbocycles. The summed E-state index contributed by atoms with van der Waals surface area (Å²) in [4.78, 5) is 0. The molecule has 1 unspecified atom stereocenters. The Morgan fingerprint density at radius 1 is 1.29 bits per heavy atom. The van der Waals surface area contributed by atoms with Crippen LogP contribution in [0.5, 0.6) is 0 Å². The van der Waals surface area contributed by atoms with Gasteiger partial charge in [0.2, 0.25) is 10.0 Å². The van der Waals surface area contributed by atoms with Crippen LogP contribution in [0.2, 0.25) is 0 Å². The van der Waals surface area contributed by atoms with E-state index in [9.17, 15) is 8.42 Å². The van der Waals surface area contributed by atoms with Gasteiger partial charge < -0.3 is 10.1 Å². The van der Waals surface area contributed by atoms with Gasteiger partial charge in [-0.05, 0) is 25.9 Å². The van der Waals surface area contributed by atoms with E-state index in [4.69, 9.17) is 4.74 Å². The SMILES string of the molecule is CCCC(COC)NS(=O)(=O)CCCNCC. The minimum atomic E-state index is -3.18. The van der Waals surface area contributed by atoms with Gasteiger partial charge in [-0.15, -0.1) is 0 Å². The average molecular weight is 266 g/mol. The third-order valence-corrected chi connectivity index (χ3v) is 3.89. The third-order valence-electron chi connectivity index (χ3n) is 2.37. The first-order chi connectivity index (χ1) is 8.05. The van der Waals surface area contributed by atoms with Gasteiger partial charge in [0.15, 0.2) is 0 Å². The molecule has 0 aliphatic heterocycles. The topological polar surface area (TPSA) is 67.4 Å². The lowest BCUT2D eigenvalue weighted by molar-refractivity contribution is 0.171. The molecule has 0 aromatic heterocycles. The molecule has 104 valence electrons. The van der Waals surface area contributed by atoms with Gasteiger partial charge in [0.05, 0.1) is 12.4 Å². The molecule has 5 nitrogen and oxygen atoms in total. The molecule has 0 saturated carbocycles. The summed E-state index contributed by atoms with van der Waals surface area (Å²) in [5, 5.41) is 3.11. The molecule has 0 aromatic carbocycles. The molecule has 2 N–H and O–H groups in total. The van der Waals surface area contributed by atoms with E-state index in [0.717, 1.165) is 25.9 Å². The summed E-state index contributed by atoms with van der Waals surface area (Å²) in [6.07, 6.45) is 2.38. The van der Waals surface area contributed by atoms with E-state index in [-0.39, 0.29) is 11.8 Å². The van der Waals surface area contributed by atoms with Crippen LogP contribution in [0.3, 0.4) is 0 Å². The van der Waals surface area contributed by atoms with Gasteiger partial charge >= 0.3 is 0 Å². The van der Waals surface area contributed by atoms with E-state index >= 15 is 0 Å². The van der Waals surface area contributed by atoms with Crippen LogP contribution in [-0.4, -0.2) is 47.0 Å². The molecule has 0 heterocycles. The van der Waals surface area contributed by atoms with Gasteiger partial charge in [-0.3, -0.25) is 0 Å². The summed E-state index contributed by atoms with van der Waals surface area (Å²) in [6, 6.07) is -0.103. The lowest BCUT2D eigenvalue weighted by Crippen LogP contribution is -2.39. The van der Waals surface area contributed by atoms with Crippen molar-refractivity contribution in [3.8, 4) is 0 Å². The van der Waals surface area contributed by atoms with Crippen LogP contribution < -0.4 is 10.0 Å². The zero-order chi connectivity index (χ0) is 13.1. The first-order valence-corrected chi connectivity index (χ1v) is 7.90. The van der Waals surface area contributed by atoms with Gasteiger partial charge in [-0.1, -0.05) is 20.3 Å². The molecule has 6 heteroatoms. The van der Waals surface area contributed by atoms with Gasteiger partial charge in [-0.2, -0.15) is 0 Å². The van der Waals surface area contributed by atoms with Crippen molar-refractivity contribution in [2.24, 2.45) is 0 Å². The Labute approximate surface area is 105 Å². The van der Waals surface area contributed by atoms with E-state index in [2.05, 4.69) is 10.0 Å². The number of hydrogen-bond donors (Lipinski definition) is 2. The van der Waals surface area contributed by atoms with Crippen LogP contribution in [0, 0.1) is 0 Å². The van der Waals surface area contributed by atoms with Crippen molar-refractivity contribution in [1.29, 1.82) is 0 Å². The van der Waals surface area contributed by atoms with E-state index in [0.29, 0.717) is 13.0 Å². The molecule has 0 rings (SSSR count). The summed E-state index contributed by atoms with van der Waals surface area (Å²) in [6.45, 7) is 6.07. The molecular formula is C11H26N2O3S. The van der Waals surface area contributed by atoms with Crippen LogP contribution in [-0.2, 0) is 14.8 Å². The van der Waals surface area contributed by atoms with Crippen molar-refractivity contribution in [1.82, 2.24) is 10.0 Å². The Morgan fingerprint density at radius 2 is 2.00 bits per heavy atom. The summed E-state index contributed by atoms with van der Waals surface area (Å²) in [5.74, 6) is 0.171. The second-order valence-electron chi connectivity index (χ2n) is 4.08. The largest absolute Gasteiger partial charge is 0.383 e. The lowest BCUT2D eigenvalue weighted by Gasteiger charge is -2.17. The molecule has 0 bridgehead atoms. The molecule has 0 amide bonds. The number of sulfonamides is 1. The van der Waals surface area contributed by atoms with Gasteiger partial charge in [0.1, 0.15) is 0 Å². The summed E-state index contributed by atoms with van der Waals surface area (Å²) in [5.41, 5.74) is 0. The van der Waals surface area contributed by atoms with Crippen LogP contribution in [0.1, 0.15) is 33.1 Å². The fraction of sp³-hybridized carbons (Fsp3) is 1.00. The molecule has 0 saturated heterocycles. The van der Waals surface area contributed by atoms with Crippen LogP contribution in [0.25, 0.3) is 0 Å². The maximum atomic E-state index is 11.8. The summed E-state index contributed by atoms with van der Waals surface area (Å²) in [7, 11) is -1.59. The monoisotopic (exact) mass is 266 g/mol. The highest BCUT2D eigenvalue weighted by Crippen LogP contribution is 2.00. The average Bonchev–Trinajstić information content (AvgIpc) is 2.25. The zero-order valence-electron chi connectivity index (χ0n) is 11.2. The second-order valence-corrected chi connectivity index (χ2v) is 5.96. The van der Waals surface area contributed by atoms with Crippen molar-refractivity contribution in [3.05, 3.63) is 0 Å². The fourth-order valence-corrected chi connectivity index (χ4v) is 2.94. The lowest BCUT2D eigenvalue weighted by atomic mass is 10.2. The fourth-order valence-electron chi connectivity index (χ4n) is 1.60. The maximum absolute atomic E-state index is 11.8. The molecule has 17 heavy (non-hydrogen) atoms. The highest BCUT2D eigenvalue weighted by molar-refractivity contribution is 7.89. The third kappa shape index (κ3) is 9.52. The van der Waals surface area contributed by atoms with E-state index in [1.54, 1.807) is 7.11 Å². The van der Waals surface area contributed by atoms with Crippen LogP contribution in [0.15, 0.2) is 0 Å². The normalized spacial score (nSPS) is 13.8. The Hall–Kier alpha value is -0.170. The maximum Gasteiger partial charge on any atom is 0.211 e. The van der Waals surface area contributed by atoms with Crippen molar-refractivity contribution in [2.45, 2.75) is 39.2 Å². The van der Waals surface area contributed by atoms with E-state index < -0.39 is 10.0 Å². The highest BCUT2D eigenvalue weighted by Gasteiger charge is 2.16. The number of nitrogens with one attached hydrogen (secondary N) is 2. The second kappa shape index (κ2) is 9.82. The molecule has 0 aromatic rings. The predicted molar refractivity (Wildman–Crippen MR) is 70.7 cm³/mol. The first-order valence-electron chi connectivity index (χ1n) is 6.25. The van der Waals surface area contributed by atoms with Gasteiger partial charge in [-0.25, -0.2) is 13.1 Å². The van der Waals surface area contributed by atoms with Crippen LogP contribution in [0.4, 0.5) is 0 Å². The molecule has 0 spiro atoms. The number of ether oxygens (including phenoxy) is 1. The van der Waals surface area contributed by atoms with Crippen molar-refractivity contribution < 1.29 is 13.2 Å². The van der Waals surface area contributed by atoms with Crippen molar-refractivity contribution >= 4 is 10.0 Å². The van der Waals surface area contributed by atoms with Crippen LogP contribution >= 0.6 is 0 Å². The Morgan fingerprint density at radius 3 is 2.53 bits per heavy atom. The van der Waals surface area contributed by atoms with Crippen molar-refractivity contribution in [3.63, 3.8) is 0 Å². The minimum absolute atomic E-state index is 0.103. The number of methoxy groups -OCH3 is 1. The standard InChI is InChI=1S/C11H26N2O3S/c1-4-7-11(10-16-3)13-17(14,15)9-6-8-12-5-2/h11-13H,4-10H2,1-3H3. The van der Waals surface area contributed by atoms with E-state index in [1.807, 2.05) is 13.8 Å². The molecule has 0 radical (unpaired) electrons. The molecule has 0 aliphatic rings. The smallest absolute Gasteiger partial charge is 0.211 e. The van der Waals surface area contributed by atoms with Crippen molar-refractivity contribution in [2.75, 3.05) is 32.6 Å². The quantitative estimate of drug-likeness (QED) is 0.541. The van der Waals surface area contributed by atoms with Gasteiger partial charge in [0, 0.05) is 13.2 Å². The molecule has 0 fully saturated rings. The van der Waals surface area contributed by atoms with Gasteiger partial charge in [0.25, 0.3) is 0 Å². The zero-order valence-corrected chi connectivity index (χ0v) is 12.0. The summed E-state index contributed by atoms with van der Waals surface area (Å²) < 4.78 is 31.2. The minimum Gasteiger partial charge on any atom is -0.383 e. The summed E-state index contributed by atoms with van der Waals surface area (Å²) >= 11 is 0. The number of hydrogen-bond acceptors (Lipinski definition) is 4. The molecular weight excluding hydrogens is 240 g/mol.